The van der Waals surface area contributed by atoms with Crippen molar-refractivity contribution in [3.8, 4) is 0 Å². The van der Waals surface area contributed by atoms with E-state index in [1.165, 1.54) is 0 Å². The fourth-order valence-corrected chi connectivity index (χ4v) is 4.44. The number of halogens is 1. The Morgan fingerprint density at radius 1 is 1.45 bits per heavy atom. The minimum atomic E-state index is -3.41. The van der Waals surface area contributed by atoms with Crippen LogP contribution in [0.5, 0.6) is 0 Å². The van der Waals surface area contributed by atoms with Gasteiger partial charge in [0.15, 0.2) is 0 Å². The molecule has 1 saturated heterocycles. The minimum Gasteiger partial charge on any atom is -0.313 e. The predicted molar refractivity (Wildman–Crippen MR) is 81.4 cm³/mol. The summed E-state index contributed by atoms with van der Waals surface area (Å²) in [5.41, 5.74) is 0.821. The summed E-state index contributed by atoms with van der Waals surface area (Å²) in [6.07, 6.45) is 1.86. The SMILES string of the molecule is CCNCc1cc(S(=O)(=O)N2CCCC2C)ccc1Cl. The monoisotopic (exact) mass is 316 g/mol. The van der Waals surface area contributed by atoms with Gasteiger partial charge in [0.05, 0.1) is 4.90 Å². The number of hydrogen-bond acceptors (Lipinski definition) is 3. The molecule has 0 amide bonds. The Labute approximate surface area is 126 Å². The molecule has 1 heterocycles. The highest BCUT2D eigenvalue weighted by Crippen LogP contribution is 2.28. The third-order valence-corrected chi connectivity index (χ3v) is 6.06. The first-order valence-corrected chi connectivity index (χ1v) is 8.79. The predicted octanol–water partition coefficient (Wildman–Crippen LogP) is 2.62. The lowest BCUT2D eigenvalue weighted by atomic mass is 10.2. The van der Waals surface area contributed by atoms with Crippen LogP contribution in [0.2, 0.25) is 5.02 Å². The molecule has 0 radical (unpaired) electrons. The summed E-state index contributed by atoms with van der Waals surface area (Å²) in [4.78, 5) is 0.337. The number of sulfonamides is 1. The summed E-state index contributed by atoms with van der Waals surface area (Å²) < 4.78 is 26.9. The zero-order valence-electron chi connectivity index (χ0n) is 11.9. The van der Waals surface area contributed by atoms with Gasteiger partial charge in [-0.3, -0.25) is 0 Å². The van der Waals surface area contributed by atoms with Gasteiger partial charge in [-0.25, -0.2) is 8.42 Å². The molecule has 112 valence electrons. The van der Waals surface area contributed by atoms with E-state index in [0.717, 1.165) is 24.9 Å². The second-order valence-electron chi connectivity index (χ2n) is 5.14. The van der Waals surface area contributed by atoms with Crippen molar-refractivity contribution >= 4 is 21.6 Å². The third kappa shape index (κ3) is 3.17. The lowest BCUT2D eigenvalue weighted by molar-refractivity contribution is 0.408. The second-order valence-corrected chi connectivity index (χ2v) is 7.44. The first kappa shape index (κ1) is 15.8. The van der Waals surface area contributed by atoms with E-state index in [-0.39, 0.29) is 6.04 Å². The van der Waals surface area contributed by atoms with Crippen LogP contribution in [0.1, 0.15) is 32.3 Å². The molecule has 20 heavy (non-hydrogen) atoms. The van der Waals surface area contributed by atoms with Crippen LogP contribution in [-0.4, -0.2) is 31.9 Å². The van der Waals surface area contributed by atoms with Gasteiger partial charge in [-0.05, 0) is 50.1 Å². The maximum atomic E-state index is 12.6. The topological polar surface area (TPSA) is 49.4 Å². The Kier molecular flexibility index (Phi) is 5.07. The summed E-state index contributed by atoms with van der Waals surface area (Å²) in [6.45, 7) is 5.96. The van der Waals surface area contributed by atoms with Crippen LogP contribution in [-0.2, 0) is 16.6 Å². The van der Waals surface area contributed by atoms with Crippen LogP contribution in [0.25, 0.3) is 0 Å². The van der Waals surface area contributed by atoms with E-state index in [9.17, 15) is 8.42 Å². The van der Waals surface area contributed by atoms with Crippen LogP contribution < -0.4 is 5.32 Å². The van der Waals surface area contributed by atoms with Gasteiger partial charge in [0.25, 0.3) is 0 Å². The molecular weight excluding hydrogens is 296 g/mol. The molecular formula is C14H21ClN2O2S. The zero-order chi connectivity index (χ0) is 14.8. The molecule has 1 fully saturated rings. The molecule has 1 N–H and O–H groups in total. The molecule has 0 bridgehead atoms. The molecule has 1 unspecified atom stereocenters. The summed E-state index contributed by atoms with van der Waals surface area (Å²) in [5, 5.41) is 3.77. The standard InChI is InChI=1S/C14H21ClN2O2S/c1-3-16-10-12-9-13(6-7-14(12)15)20(18,19)17-8-4-5-11(17)2/h6-7,9,11,16H,3-5,8,10H2,1-2H3. The Bertz CT molecular complexity index is 575. The zero-order valence-corrected chi connectivity index (χ0v) is 13.5. The number of hydrogen-bond donors (Lipinski definition) is 1. The van der Waals surface area contributed by atoms with Crippen LogP contribution in [0.15, 0.2) is 23.1 Å². The summed E-state index contributed by atoms with van der Waals surface area (Å²) in [5.74, 6) is 0. The van der Waals surface area contributed by atoms with Gasteiger partial charge in [0, 0.05) is 24.2 Å². The van der Waals surface area contributed by atoms with Gasteiger partial charge in [-0.1, -0.05) is 18.5 Å². The Morgan fingerprint density at radius 2 is 2.20 bits per heavy atom. The van der Waals surface area contributed by atoms with Crippen molar-refractivity contribution in [2.24, 2.45) is 0 Å². The highest BCUT2D eigenvalue weighted by molar-refractivity contribution is 7.89. The summed E-state index contributed by atoms with van der Waals surface area (Å²) in [7, 11) is -3.41. The van der Waals surface area contributed by atoms with Crippen LogP contribution in [0.4, 0.5) is 0 Å². The lowest BCUT2D eigenvalue weighted by Crippen LogP contribution is -2.33. The molecule has 0 spiro atoms. The molecule has 1 aliphatic rings. The van der Waals surface area contributed by atoms with Crippen LogP contribution in [0, 0.1) is 0 Å². The van der Waals surface area contributed by atoms with Crippen molar-refractivity contribution in [3.63, 3.8) is 0 Å². The minimum absolute atomic E-state index is 0.0768. The van der Waals surface area contributed by atoms with E-state index in [4.69, 9.17) is 11.6 Å². The van der Waals surface area contributed by atoms with Crippen LogP contribution in [0.3, 0.4) is 0 Å². The van der Waals surface area contributed by atoms with Gasteiger partial charge < -0.3 is 5.32 Å². The van der Waals surface area contributed by atoms with Crippen molar-refractivity contribution in [3.05, 3.63) is 28.8 Å². The summed E-state index contributed by atoms with van der Waals surface area (Å²) >= 11 is 6.12. The Balaban J connectivity index is 2.32. The lowest BCUT2D eigenvalue weighted by Gasteiger charge is -2.21. The Hall–Kier alpha value is -0.620. The molecule has 2 rings (SSSR count). The highest BCUT2D eigenvalue weighted by Gasteiger charge is 2.32. The van der Waals surface area contributed by atoms with Gasteiger partial charge in [-0.2, -0.15) is 4.31 Å². The van der Waals surface area contributed by atoms with Gasteiger partial charge in [-0.15, -0.1) is 0 Å². The number of nitrogens with zero attached hydrogens (tertiary/aromatic N) is 1. The summed E-state index contributed by atoms with van der Waals surface area (Å²) in [6, 6.07) is 5.03. The largest absolute Gasteiger partial charge is 0.313 e. The van der Waals surface area contributed by atoms with Crippen molar-refractivity contribution in [2.75, 3.05) is 13.1 Å². The molecule has 1 aromatic rings. The molecule has 1 atom stereocenters. The van der Waals surface area contributed by atoms with E-state index >= 15 is 0 Å². The molecule has 0 aliphatic carbocycles. The van der Waals surface area contributed by atoms with Crippen molar-refractivity contribution in [1.82, 2.24) is 9.62 Å². The molecule has 0 saturated carbocycles. The first-order chi connectivity index (χ1) is 9.46. The first-order valence-electron chi connectivity index (χ1n) is 6.97. The molecule has 6 heteroatoms. The quantitative estimate of drug-likeness (QED) is 0.908. The molecule has 1 aliphatic heterocycles. The smallest absolute Gasteiger partial charge is 0.243 e. The normalized spacial score (nSPS) is 20.4. The number of rotatable bonds is 5. The molecule has 4 nitrogen and oxygen atoms in total. The van der Waals surface area contributed by atoms with Crippen molar-refractivity contribution in [1.29, 1.82) is 0 Å². The fraction of sp³-hybridized carbons (Fsp3) is 0.571. The van der Waals surface area contributed by atoms with E-state index < -0.39 is 10.0 Å². The fourth-order valence-electron chi connectivity index (χ4n) is 2.51. The van der Waals surface area contributed by atoms with E-state index in [1.54, 1.807) is 22.5 Å². The van der Waals surface area contributed by atoms with Crippen molar-refractivity contribution < 1.29 is 8.42 Å². The van der Waals surface area contributed by atoms with Crippen LogP contribution >= 0.6 is 11.6 Å². The highest BCUT2D eigenvalue weighted by atomic mass is 35.5. The second kappa shape index (κ2) is 6.43. The van der Waals surface area contributed by atoms with E-state index in [2.05, 4.69) is 5.32 Å². The number of benzene rings is 1. The third-order valence-electron chi connectivity index (χ3n) is 3.68. The van der Waals surface area contributed by atoms with Gasteiger partial charge in [0.2, 0.25) is 10.0 Å². The van der Waals surface area contributed by atoms with Gasteiger partial charge in [0.1, 0.15) is 0 Å². The number of nitrogens with one attached hydrogen (secondary N) is 1. The van der Waals surface area contributed by atoms with E-state index in [0.29, 0.717) is 23.0 Å². The van der Waals surface area contributed by atoms with E-state index in [1.807, 2.05) is 13.8 Å². The molecule has 1 aromatic carbocycles. The van der Waals surface area contributed by atoms with Crippen molar-refractivity contribution in [2.45, 2.75) is 44.2 Å². The maximum Gasteiger partial charge on any atom is 0.243 e. The molecule has 0 aromatic heterocycles. The Morgan fingerprint density at radius 3 is 2.80 bits per heavy atom. The average molecular weight is 317 g/mol. The maximum absolute atomic E-state index is 12.6. The average Bonchev–Trinajstić information content (AvgIpc) is 2.84. The van der Waals surface area contributed by atoms with Gasteiger partial charge >= 0.3 is 0 Å².